The SMILES string of the molecule is Cc1cc2nc(Cc3ccc(F)cc3)n(C(C(=O)NCCN3CCOCC3)c3ccccc3)c2cc1C. The normalized spacial score (nSPS) is 15.1. The number of hydrogen-bond donors (Lipinski definition) is 1. The Hall–Kier alpha value is -3.55. The summed E-state index contributed by atoms with van der Waals surface area (Å²) in [5.41, 5.74) is 5.88. The predicted octanol–water partition coefficient (Wildman–Crippen LogP) is 4.42. The first-order valence-corrected chi connectivity index (χ1v) is 12.8. The highest BCUT2D eigenvalue weighted by Gasteiger charge is 2.28. The number of hydrogen-bond acceptors (Lipinski definition) is 4. The van der Waals surface area contributed by atoms with Crippen LogP contribution in [-0.4, -0.2) is 59.8 Å². The molecule has 1 amide bonds. The molecule has 1 fully saturated rings. The summed E-state index contributed by atoms with van der Waals surface area (Å²) in [5.74, 6) is 0.423. The maximum Gasteiger partial charge on any atom is 0.247 e. The van der Waals surface area contributed by atoms with E-state index in [1.165, 1.54) is 12.1 Å². The Labute approximate surface area is 217 Å². The number of imidazole rings is 1. The second kappa shape index (κ2) is 11.2. The second-order valence-corrected chi connectivity index (χ2v) is 9.68. The molecule has 0 bridgehead atoms. The van der Waals surface area contributed by atoms with E-state index in [9.17, 15) is 9.18 Å². The Balaban J connectivity index is 1.54. The number of aryl methyl sites for hydroxylation is 2. The number of morpholine rings is 1. The summed E-state index contributed by atoms with van der Waals surface area (Å²) in [4.78, 5) is 21.2. The third-order valence-corrected chi connectivity index (χ3v) is 7.11. The van der Waals surface area contributed by atoms with Gasteiger partial charge in [-0.3, -0.25) is 9.69 Å². The summed E-state index contributed by atoms with van der Waals surface area (Å²) >= 11 is 0. The molecule has 1 aliphatic rings. The lowest BCUT2D eigenvalue weighted by Gasteiger charge is -2.27. The van der Waals surface area contributed by atoms with Gasteiger partial charge < -0.3 is 14.6 Å². The maximum atomic E-state index is 13.9. The largest absolute Gasteiger partial charge is 0.379 e. The number of nitrogens with zero attached hydrogens (tertiary/aromatic N) is 3. The molecule has 7 heteroatoms. The fourth-order valence-corrected chi connectivity index (χ4v) is 4.91. The summed E-state index contributed by atoms with van der Waals surface area (Å²) in [7, 11) is 0. The van der Waals surface area contributed by atoms with E-state index in [2.05, 4.69) is 40.8 Å². The van der Waals surface area contributed by atoms with Gasteiger partial charge in [0.2, 0.25) is 5.91 Å². The smallest absolute Gasteiger partial charge is 0.247 e. The Kier molecular flexibility index (Phi) is 7.63. The number of fused-ring (bicyclic) bond motifs is 1. The van der Waals surface area contributed by atoms with Crippen molar-refractivity contribution in [3.63, 3.8) is 0 Å². The molecule has 6 nitrogen and oxygen atoms in total. The molecule has 1 saturated heterocycles. The second-order valence-electron chi connectivity index (χ2n) is 9.68. The number of aromatic nitrogens is 2. The molecule has 5 rings (SSSR count). The molecule has 3 aromatic carbocycles. The van der Waals surface area contributed by atoms with E-state index < -0.39 is 6.04 Å². The number of carbonyl (C=O) groups is 1. The van der Waals surface area contributed by atoms with E-state index in [1.54, 1.807) is 12.1 Å². The molecule has 192 valence electrons. The molecule has 0 spiro atoms. The molecule has 1 atom stereocenters. The zero-order valence-electron chi connectivity index (χ0n) is 21.4. The van der Waals surface area contributed by atoms with Gasteiger partial charge in [-0.25, -0.2) is 9.37 Å². The van der Waals surface area contributed by atoms with Crippen LogP contribution in [0.15, 0.2) is 66.7 Å². The standard InChI is InChI=1S/C30H33FN4O2/c1-21-18-26-27(19-22(21)2)35(28(33-26)20-23-8-10-25(31)11-9-23)29(24-6-4-3-5-7-24)30(36)32-12-13-34-14-16-37-17-15-34/h3-11,18-19,29H,12-17,20H2,1-2H3,(H,32,36). The van der Waals surface area contributed by atoms with Crippen molar-refractivity contribution in [2.75, 3.05) is 39.4 Å². The Morgan fingerprint density at radius 2 is 1.73 bits per heavy atom. The molecular formula is C30H33FN4O2. The van der Waals surface area contributed by atoms with Gasteiger partial charge in [0, 0.05) is 32.6 Å². The highest BCUT2D eigenvalue weighted by molar-refractivity contribution is 5.87. The lowest BCUT2D eigenvalue weighted by Crippen LogP contribution is -2.43. The van der Waals surface area contributed by atoms with Gasteiger partial charge in [0.15, 0.2) is 0 Å². The van der Waals surface area contributed by atoms with Crippen molar-refractivity contribution in [3.05, 3.63) is 101 Å². The van der Waals surface area contributed by atoms with Crippen LogP contribution in [-0.2, 0) is 16.0 Å². The van der Waals surface area contributed by atoms with Crippen LogP contribution in [0.1, 0.15) is 34.1 Å². The van der Waals surface area contributed by atoms with Crippen LogP contribution >= 0.6 is 0 Å². The van der Waals surface area contributed by atoms with Gasteiger partial charge in [0.05, 0.1) is 24.2 Å². The number of amides is 1. The lowest BCUT2D eigenvalue weighted by atomic mass is 10.0. The topological polar surface area (TPSA) is 59.4 Å². The Bertz CT molecular complexity index is 1360. The molecule has 0 saturated carbocycles. The number of halogens is 1. The highest BCUT2D eigenvalue weighted by Crippen LogP contribution is 2.30. The minimum absolute atomic E-state index is 0.0719. The molecule has 1 unspecified atom stereocenters. The summed E-state index contributed by atoms with van der Waals surface area (Å²) in [5, 5.41) is 3.19. The summed E-state index contributed by atoms with van der Waals surface area (Å²) in [6.07, 6.45) is 0.484. The van der Waals surface area contributed by atoms with Crippen molar-refractivity contribution in [2.24, 2.45) is 0 Å². The monoisotopic (exact) mass is 500 g/mol. The van der Waals surface area contributed by atoms with E-state index in [-0.39, 0.29) is 11.7 Å². The third-order valence-electron chi connectivity index (χ3n) is 7.11. The molecule has 37 heavy (non-hydrogen) atoms. The van der Waals surface area contributed by atoms with Gasteiger partial charge in [0.1, 0.15) is 17.7 Å². The fraction of sp³-hybridized carbons (Fsp3) is 0.333. The van der Waals surface area contributed by atoms with Gasteiger partial charge in [-0.15, -0.1) is 0 Å². The van der Waals surface area contributed by atoms with Gasteiger partial charge >= 0.3 is 0 Å². The Morgan fingerprint density at radius 1 is 1.03 bits per heavy atom. The first-order chi connectivity index (χ1) is 18.0. The minimum Gasteiger partial charge on any atom is -0.379 e. The summed E-state index contributed by atoms with van der Waals surface area (Å²) < 4.78 is 21.1. The van der Waals surface area contributed by atoms with Crippen molar-refractivity contribution in [2.45, 2.75) is 26.3 Å². The summed E-state index contributed by atoms with van der Waals surface area (Å²) in [6, 6.07) is 19.9. The highest BCUT2D eigenvalue weighted by atomic mass is 19.1. The van der Waals surface area contributed by atoms with Gasteiger partial charge in [-0.1, -0.05) is 42.5 Å². The first-order valence-electron chi connectivity index (χ1n) is 12.8. The van der Waals surface area contributed by atoms with E-state index >= 15 is 0 Å². The Morgan fingerprint density at radius 3 is 2.46 bits per heavy atom. The average molecular weight is 501 g/mol. The quantitative estimate of drug-likeness (QED) is 0.389. The van der Waals surface area contributed by atoms with Crippen molar-refractivity contribution < 1.29 is 13.9 Å². The van der Waals surface area contributed by atoms with Gasteiger partial charge in [0.25, 0.3) is 0 Å². The fourth-order valence-electron chi connectivity index (χ4n) is 4.91. The molecule has 1 aliphatic heterocycles. The maximum absolute atomic E-state index is 13.9. The van der Waals surface area contributed by atoms with Crippen LogP contribution < -0.4 is 5.32 Å². The van der Waals surface area contributed by atoms with E-state index in [0.29, 0.717) is 13.0 Å². The molecular weight excluding hydrogens is 467 g/mol. The van der Waals surface area contributed by atoms with Crippen molar-refractivity contribution in [1.29, 1.82) is 0 Å². The number of ether oxygens (including phenoxy) is 1. The van der Waals surface area contributed by atoms with Crippen molar-refractivity contribution in [1.82, 2.24) is 19.8 Å². The predicted molar refractivity (Wildman–Crippen MR) is 143 cm³/mol. The van der Waals surface area contributed by atoms with Gasteiger partial charge in [-0.2, -0.15) is 0 Å². The molecule has 1 aromatic heterocycles. The van der Waals surface area contributed by atoms with Crippen molar-refractivity contribution >= 4 is 16.9 Å². The average Bonchev–Trinajstić information content (AvgIpc) is 3.23. The van der Waals surface area contributed by atoms with Crippen LogP contribution in [0.2, 0.25) is 0 Å². The van der Waals surface area contributed by atoms with Crippen LogP contribution in [0.4, 0.5) is 4.39 Å². The zero-order chi connectivity index (χ0) is 25.8. The number of benzene rings is 3. The molecule has 2 heterocycles. The van der Waals surface area contributed by atoms with Crippen LogP contribution in [0, 0.1) is 19.7 Å². The molecule has 0 aliphatic carbocycles. The van der Waals surface area contributed by atoms with E-state index in [4.69, 9.17) is 9.72 Å². The van der Waals surface area contributed by atoms with E-state index in [0.717, 1.165) is 72.0 Å². The molecule has 1 N–H and O–H groups in total. The van der Waals surface area contributed by atoms with Crippen LogP contribution in [0.5, 0.6) is 0 Å². The van der Waals surface area contributed by atoms with Crippen LogP contribution in [0.25, 0.3) is 11.0 Å². The van der Waals surface area contributed by atoms with E-state index in [1.807, 2.05) is 30.3 Å². The number of rotatable bonds is 8. The minimum atomic E-state index is -0.589. The third kappa shape index (κ3) is 5.73. The van der Waals surface area contributed by atoms with Gasteiger partial charge in [-0.05, 0) is 60.4 Å². The molecule has 4 aromatic rings. The van der Waals surface area contributed by atoms with Crippen molar-refractivity contribution in [3.8, 4) is 0 Å². The lowest BCUT2D eigenvalue weighted by molar-refractivity contribution is -0.123. The molecule has 0 radical (unpaired) electrons. The number of nitrogens with one attached hydrogen (secondary N) is 1. The first kappa shape index (κ1) is 25.1. The summed E-state index contributed by atoms with van der Waals surface area (Å²) in [6.45, 7) is 8.70. The zero-order valence-corrected chi connectivity index (χ0v) is 21.4. The van der Waals surface area contributed by atoms with Crippen LogP contribution in [0.3, 0.4) is 0 Å². The number of carbonyl (C=O) groups excluding carboxylic acids is 1.